The summed E-state index contributed by atoms with van der Waals surface area (Å²) in [6.07, 6.45) is -11.1. The number of halogens is 7. The number of benzene rings is 4. The molecule has 4 aromatic rings. The summed E-state index contributed by atoms with van der Waals surface area (Å²) < 4.78 is 158. The summed E-state index contributed by atoms with van der Waals surface area (Å²) >= 11 is 0. The summed E-state index contributed by atoms with van der Waals surface area (Å²) in [5.74, 6) is -1.39. The molecule has 1 aliphatic carbocycles. The maximum atomic E-state index is 14.7. The Morgan fingerprint density at radius 3 is 1.69 bits per heavy atom. The van der Waals surface area contributed by atoms with Gasteiger partial charge in [0.2, 0.25) is 0 Å². The van der Waals surface area contributed by atoms with E-state index < -0.39 is 66.1 Å². The molecule has 0 spiro atoms. The van der Waals surface area contributed by atoms with Gasteiger partial charge in [-0.2, -0.15) is 26.3 Å². The normalized spacial score (nSPS) is 15.8. The third-order valence-electron chi connectivity index (χ3n) is 8.68. The van der Waals surface area contributed by atoms with Gasteiger partial charge in [-0.25, -0.2) is 21.2 Å². The molecule has 1 aliphatic rings. The number of ether oxygens (including phenoxy) is 1. The lowest BCUT2D eigenvalue weighted by molar-refractivity contribution is -0.392. The highest BCUT2D eigenvalue weighted by Gasteiger charge is 2.73. The van der Waals surface area contributed by atoms with E-state index in [1.54, 1.807) is 6.07 Å². The van der Waals surface area contributed by atoms with Crippen molar-refractivity contribution in [1.82, 2.24) is 0 Å². The molecule has 0 amide bonds. The molecule has 5 nitrogen and oxygen atoms in total. The Bertz CT molecular complexity index is 1940. The molecule has 0 heterocycles. The molecule has 0 unspecified atom stereocenters. The second-order valence-corrected chi connectivity index (χ2v) is 15.8. The molecular formula is C34H29F7O5S2. The highest BCUT2D eigenvalue weighted by Crippen LogP contribution is 2.54. The molecular weight excluding hydrogens is 685 g/mol. The van der Waals surface area contributed by atoms with Crippen LogP contribution in [-0.4, -0.2) is 29.2 Å². The molecule has 48 heavy (non-hydrogen) atoms. The Balaban J connectivity index is 1.53. The van der Waals surface area contributed by atoms with E-state index >= 15 is 0 Å². The molecule has 5 rings (SSSR count). The van der Waals surface area contributed by atoms with E-state index in [0.29, 0.717) is 25.0 Å². The van der Waals surface area contributed by atoms with Crippen LogP contribution in [0.2, 0.25) is 0 Å². The Morgan fingerprint density at radius 1 is 0.625 bits per heavy atom. The van der Waals surface area contributed by atoms with Gasteiger partial charge >= 0.3 is 12.4 Å². The molecule has 0 N–H and O–H groups in total. The van der Waals surface area contributed by atoms with E-state index in [-0.39, 0.29) is 39.3 Å². The first-order valence-corrected chi connectivity index (χ1v) is 17.8. The van der Waals surface area contributed by atoms with Crippen molar-refractivity contribution in [1.29, 1.82) is 0 Å². The molecule has 0 aliphatic heterocycles. The van der Waals surface area contributed by atoms with Crippen LogP contribution in [0.15, 0.2) is 113 Å². The smallest absolute Gasteiger partial charge is 0.349 e. The summed E-state index contributed by atoms with van der Waals surface area (Å²) in [5.41, 5.74) is -6.47. The predicted molar refractivity (Wildman–Crippen MR) is 163 cm³/mol. The third kappa shape index (κ3) is 6.37. The van der Waals surface area contributed by atoms with Gasteiger partial charge in [0.05, 0.1) is 22.2 Å². The second-order valence-electron chi connectivity index (χ2n) is 11.5. The molecule has 0 bridgehead atoms. The monoisotopic (exact) mass is 714 g/mol. The SMILES string of the molecule is O=S(=O)(Cc1ccccc1COC(c1ccc(C2(S(=O)(=O)c3ccc(F)cc3)CCCC2)cc1)(C(F)(F)F)C(F)(F)F)c1ccccc1. The van der Waals surface area contributed by atoms with Gasteiger partial charge in [-0.1, -0.05) is 79.6 Å². The fourth-order valence-electron chi connectivity index (χ4n) is 6.18. The Morgan fingerprint density at radius 2 is 1.15 bits per heavy atom. The molecule has 1 saturated carbocycles. The van der Waals surface area contributed by atoms with Gasteiger partial charge in [0.15, 0.2) is 19.7 Å². The molecule has 14 heteroatoms. The van der Waals surface area contributed by atoms with E-state index in [0.717, 1.165) is 36.4 Å². The van der Waals surface area contributed by atoms with Crippen molar-refractivity contribution in [2.45, 2.75) is 70.5 Å². The van der Waals surface area contributed by atoms with Crippen molar-refractivity contribution in [2.75, 3.05) is 0 Å². The van der Waals surface area contributed by atoms with E-state index in [4.69, 9.17) is 4.74 Å². The zero-order chi connectivity index (χ0) is 35.0. The predicted octanol–water partition coefficient (Wildman–Crippen LogP) is 8.58. The summed E-state index contributed by atoms with van der Waals surface area (Å²) in [5, 5.41) is 0. The zero-order valence-electron chi connectivity index (χ0n) is 25.1. The van der Waals surface area contributed by atoms with Gasteiger partial charge in [-0.05, 0) is 65.9 Å². The lowest BCUT2D eigenvalue weighted by atomic mass is 9.88. The summed E-state index contributed by atoms with van der Waals surface area (Å²) in [6, 6.07) is 19.4. The van der Waals surface area contributed by atoms with Crippen LogP contribution in [-0.2, 0) is 47.1 Å². The van der Waals surface area contributed by atoms with Crippen molar-refractivity contribution in [2.24, 2.45) is 0 Å². The zero-order valence-corrected chi connectivity index (χ0v) is 26.7. The van der Waals surface area contributed by atoms with Gasteiger partial charge in [-0.3, -0.25) is 0 Å². The molecule has 0 radical (unpaired) electrons. The number of hydrogen-bond donors (Lipinski definition) is 0. The lowest BCUT2D eigenvalue weighted by Crippen LogP contribution is -2.55. The van der Waals surface area contributed by atoms with Gasteiger partial charge in [-0.15, -0.1) is 0 Å². The summed E-state index contributed by atoms with van der Waals surface area (Å²) in [4.78, 5) is -0.312. The van der Waals surface area contributed by atoms with E-state index in [2.05, 4.69) is 0 Å². The van der Waals surface area contributed by atoms with Crippen molar-refractivity contribution in [3.63, 3.8) is 0 Å². The molecule has 4 aromatic carbocycles. The van der Waals surface area contributed by atoms with Crippen LogP contribution < -0.4 is 0 Å². The first kappa shape index (κ1) is 35.6. The number of hydrogen-bond acceptors (Lipinski definition) is 5. The highest BCUT2D eigenvalue weighted by molar-refractivity contribution is 7.92. The van der Waals surface area contributed by atoms with Crippen molar-refractivity contribution >= 4 is 19.7 Å². The summed E-state index contributed by atoms with van der Waals surface area (Å²) in [6.45, 7) is -1.26. The van der Waals surface area contributed by atoms with Crippen LogP contribution in [0.3, 0.4) is 0 Å². The fraction of sp³-hybridized carbons (Fsp3) is 0.294. The molecule has 1 fully saturated rings. The van der Waals surface area contributed by atoms with Crippen LogP contribution >= 0.6 is 0 Å². The third-order valence-corrected chi connectivity index (χ3v) is 12.9. The van der Waals surface area contributed by atoms with Crippen LogP contribution in [0, 0.1) is 5.82 Å². The second kappa shape index (κ2) is 12.9. The molecule has 256 valence electrons. The molecule has 0 atom stereocenters. The van der Waals surface area contributed by atoms with Crippen LogP contribution in [0.1, 0.15) is 47.9 Å². The van der Waals surface area contributed by atoms with Gasteiger partial charge < -0.3 is 4.74 Å². The van der Waals surface area contributed by atoms with Crippen LogP contribution in [0.25, 0.3) is 0 Å². The Labute approximate surface area is 273 Å². The van der Waals surface area contributed by atoms with E-state index in [1.165, 1.54) is 48.5 Å². The molecule has 0 saturated heterocycles. The average Bonchev–Trinajstić information content (AvgIpc) is 3.54. The lowest BCUT2D eigenvalue weighted by Gasteiger charge is -2.38. The van der Waals surface area contributed by atoms with E-state index in [9.17, 15) is 47.6 Å². The number of alkyl halides is 6. The standard InChI is InChI=1S/C34H29F7O5S2/c35-28-16-18-30(19-17-28)48(44,45)31(20-6-7-21-31)26-12-14-27(15-13-26)32(33(36,37)38,34(39,40)41)46-22-24-8-4-5-9-25(24)23-47(42,43)29-10-2-1-3-11-29/h1-5,8-19H,6-7,20-23H2. The minimum Gasteiger partial charge on any atom is -0.349 e. The van der Waals surface area contributed by atoms with Gasteiger partial charge in [0.1, 0.15) is 10.6 Å². The topological polar surface area (TPSA) is 77.5 Å². The van der Waals surface area contributed by atoms with Gasteiger partial charge in [0.25, 0.3) is 5.60 Å². The van der Waals surface area contributed by atoms with E-state index in [1.807, 2.05) is 0 Å². The van der Waals surface area contributed by atoms with Crippen LogP contribution in [0.4, 0.5) is 30.7 Å². The molecule has 0 aromatic heterocycles. The first-order chi connectivity index (χ1) is 22.4. The fourth-order valence-corrected chi connectivity index (χ4v) is 9.83. The van der Waals surface area contributed by atoms with Crippen molar-refractivity contribution in [3.8, 4) is 0 Å². The van der Waals surface area contributed by atoms with Gasteiger partial charge in [0, 0.05) is 5.56 Å². The minimum absolute atomic E-state index is 0.0113. The first-order valence-electron chi connectivity index (χ1n) is 14.7. The largest absolute Gasteiger partial charge is 0.430 e. The maximum absolute atomic E-state index is 14.7. The quantitative estimate of drug-likeness (QED) is 0.122. The minimum atomic E-state index is -6.05. The Kier molecular flexibility index (Phi) is 9.58. The maximum Gasteiger partial charge on any atom is 0.430 e. The number of rotatable bonds is 10. The average molecular weight is 715 g/mol. The van der Waals surface area contributed by atoms with Crippen LogP contribution in [0.5, 0.6) is 0 Å². The summed E-state index contributed by atoms with van der Waals surface area (Å²) in [7, 11) is -8.27. The van der Waals surface area contributed by atoms with Crippen molar-refractivity contribution in [3.05, 3.63) is 131 Å². The highest BCUT2D eigenvalue weighted by atomic mass is 32.2. The Hall–Kier alpha value is -3.75. The van der Waals surface area contributed by atoms with Crippen molar-refractivity contribution < 1.29 is 52.3 Å². The number of sulfone groups is 2.